The second-order valence-electron chi connectivity index (χ2n) is 4.36. The van der Waals surface area contributed by atoms with Crippen molar-refractivity contribution in [2.75, 3.05) is 13.1 Å². The van der Waals surface area contributed by atoms with Gasteiger partial charge in [0.2, 0.25) is 10.0 Å². The zero-order chi connectivity index (χ0) is 12.0. The van der Waals surface area contributed by atoms with Gasteiger partial charge < -0.3 is 9.67 Å². The van der Waals surface area contributed by atoms with Crippen LogP contribution in [0, 0.1) is 0 Å². The molecule has 16 heavy (non-hydrogen) atoms. The van der Waals surface area contributed by atoms with Gasteiger partial charge in [-0.15, -0.1) is 0 Å². The van der Waals surface area contributed by atoms with Crippen molar-refractivity contribution in [3.8, 4) is 0 Å². The van der Waals surface area contributed by atoms with Crippen LogP contribution >= 0.6 is 0 Å². The molecule has 0 atom stereocenters. The minimum atomic E-state index is -3.41. The molecule has 1 aliphatic rings. The fourth-order valence-electron chi connectivity index (χ4n) is 1.78. The number of sulfonamides is 1. The lowest BCUT2D eigenvalue weighted by molar-refractivity contribution is -0.0613. The SMILES string of the molecule is CCC1(O)CN(S(=O)(=O)c2ccn(C)c2)C1. The Morgan fingerprint density at radius 2 is 2.12 bits per heavy atom. The first-order valence-electron chi connectivity index (χ1n) is 5.22. The van der Waals surface area contributed by atoms with Crippen LogP contribution in [0.15, 0.2) is 23.4 Å². The fourth-order valence-corrected chi connectivity index (χ4v) is 3.43. The molecule has 1 aromatic rings. The molecule has 0 aromatic carbocycles. The van der Waals surface area contributed by atoms with Gasteiger partial charge in [-0.1, -0.05) is 6.92 Å². The van der Waals surface area contributed by atoms with Gasteiger partial charge in [0.15, 0.2) is 0 Å². The Hall–Kier alpha value is -0.850. The van der Waals surface area contributed by atoms with Gasteiger partial charge in [-0.3, -0.25) is 0 Å². The smallest absolute Gasteiger partial charge is 0.244 e. The van der Waals surface area contributed by atoms with Crippen molar-refractivity contribution in [2.45, 2.75) is 23.8 Å². The molecular formula is C10H16N2O3S. The maximum atomic E-state index is 12.0. The fraction of sp³-hybridized carbons (Fsp3) is 0.600. The summed E-state index contributed by atoms with van der Waals surface area (Å²) in [4.78, 5) is 0.285. The van der Waals surface area contributed by atoms with E-state index in [1.165, 1.54) is 4.31 Å². The molecule has 0 amide bonds. The summed E-state index contributed by atoms with van der Waals surface area (Å²) in [5.74, 6) is 0. The molecule has 0 spiro atoms. The lowest BCUT2D eigenvalue weighted by atomic mass is 9.94. The lowest BCUT2D eigenvalue weighted by Crippen LogP contribution is -2.62. The van der Waals surface area contributed by atoms with E-state index in [-0.39, 0.29) is 18.0 Å². The summed E-state index contributed by atoms with van der Waals surface area (Å²) in [7, 11) is -1.63. The zero-order valence-corrected chi connectivity index (χ0v) is 10.2. The quantitative estimate of drug-likeness (QED) is 0.824. The van der Waals surface area contributed by atoms with E-state index in [1.54, 1.807) is 30.1 Å². The number of β-amino-alcohol motifs (C(OH)–C–C–N with tert-alkyl or cyclic N) is 1. The van der Waals surface area contributed by atoms with Crippen LogP contribution in [-0.4, -0.2) is 41.1 Å². The summed E-state index contributed by atoms with van der Waals surface area (Å²) in [6.07, 6.45) is 3.84. The Morgan fingerprint density at radius 1 is 1.50 bits per heavy atom. The van der Waals surface area contributed by atoms with Crippen molar-refractivity contribution >= 4 is 10.0 Å². The summed E-state index contributed by atoms with van der Waals surface area (Å²) in [5.41, 5.74) is -0.831. The standard InChI is InChI=1S/C10H16N2O3S/c1-3-10(13)7-12(8-10)16(14,15)9-4-5-11(2)6-9/h4-6,13H,3,7-8H2,1-2H3. The van der Waals surface area contributed by atoms with E-state index in [1.807, 2.05) is 6.92 Å². The Balaban J connectivity index is 2.17. The number of aryl methyl sites for hydroxylation is 1. The molecule has 0 aliphatic carbocycles. The molecule has 1 N–H and O–H groups in total. The molecular weight excluding hydrogens is 228 g/mol. The van der Waals surface area contributed by atoms with E-state index in [2.05, 4.69) is 0 Å². The molecule has 0 radical (unpaired) electrons. The number of aliphatic hydroxyl groups is 1. The highest BCUT2D eigenvalue weighted by molar-refractivity contribution is 7.89. The minimum absolute atomic E-state index is 0.195. The van der Waals surface area contributed by atoms with Crippen LogP contribution in [-0.2, 0) is 17.1 Å². The van der Waals surface area contributed by atoms with Gasteiger partial charge in [0.1, 0.15) is 0 Å². The Labute approximate surface area is 95.3 Å². The summed E-state index contributed by atoms with van der Waals surface area (Å²) in [6.45, 7) is 2.24. The van der Waals surface area contributed by atoms with Crippen molar-refractivity contribution in [2.24, 2.45) is 7.05 Å². The van der Waals surface area contributed by atoms with E-state index in [9.17, 15) is 13.5 Å². The Kier molecular flexibility index (Phi) is 2.60. The summed E-state index contributed by atoms with van der Waals surface area (Å²) < 4.78 is 27.1. The molecule has 2 heterocycles. The molecule has 1 saturated heterocycles. The molecule has 0 saturated carbocycles. The van der Waals surface area contributed by atoms with Crippen molar-refractivity contribution < 1.29 is 13.5 Å². The third kappa shape index (κ3) is 1.77. The van der Waals surface area contributed by atoms with Crippen LogP contribution in [0.1, 0.15) is 13.3 Å². The minimum Gasteiger partial charge on any atom is -0.387 e. The highest BCUT2D eigenvalue weighted by atomic mass is 32.2. The summed E-state index contributed by atoms with van der Waals surface area (Å²) >= 11 is 0. The van der Waals surface area contributed by atoms with Gasteiger partial charge in [0, 0.05) is 32.5 Å². The van der Waals surface area contributed by atoms with Crippen LogP contribution in [0.25, 0.3) is 0 Å². The first kappa shape index (κ1) is 11.6. The normalized spacial score (nSPS) is 20.7. The predicted octanol–water partition coefficient (Wildman–Crippen LogP) is 0.171. The van der Waals surface area contributed by atoms with Crippen molar-refractivity contribution in [3.05, 3.63) is 18.5 Å². The van der Waals surface area contributed by atoms with E-state index in [0.717, 1.165) is 0 Å². The number of rotatable bonds is 3. The molecule has 0 unspecified atom stereocenters. The predicted molar refractivity (Wildman–Crippen MR) is 59.4 cm³/mol. The Morgan fingerprint density at radius 3 is 2.56 bits per heavy atom. The van der Waals surface area contributed by atoms with Gasteiger partial charge in [0.05, 0.1) is 10.5 Å². The van der Waals surface area contributed by atoms with Gasteiger partial charge >= 0.3 is 0 Å². The van der Waals surface area contributed by atoms with Gasteiger partial charge in [-0.05, 0) is 12.5 Å². The highest BCUT2D eigenvalue weighted by Crippen LogP contribution is 2.30. The second kappa shape index (κ2) is 3.58. The van der Waals surface area contributed by atoms with Crippen molar-refractivity contribution in [1.82, 2.24) is 8.87 Å². The van der Waals surface area contributed by atoms with E-state index >= 15 is 0 Å². The van der Waals surface area contributed by atoms with Crippen LogP contribution in [0.3, 0.4) is 0 Å². The average Bonchev–Trinajstić information content (AvgIpc) is 2.60. The molecule has 1 aliphatic heterocycles. The average molecular weight is 244 g/mol. The van der Waals surface area contributed by atoms with Crippen molar-refractivity contribution in [1.29, 1.82) is 0 Å². The third-order valence-corrected chi connectivity index (χ3v) is 4.82. The largest absolute Gasteiger partial charge is 0.387 e. The van der Waals surface area contributed by atoms with Crippen LogP contribution in [0.2, 0.25) is 0 Å². The second-order valence-corrected chi connectivity index (χ2v) is 6.30. The third-order valence-electron chi connectivity index (χ3n) is 3.04. The summed E-state index contributed by atoms with van der Waals surface area (Å²) in [6, 6.07) is 1.57. The van der Waals surface area contributed by atoms with Gasteiger partial charge in [-0.25, -0.2) is 8.42 Å². The van der Waals surface area contributed by atoms with Crippen LogP contribution in [0.5, 0.6) is 0 Å². The maximum absolute atomic E-state index is 12.0. The first-order valence-corrected chi connectivity index (χ1v) is 6.66. The maximum Gasteiger partial charge on any atom is 0.244 e. The Bertz CT molecular complexity index is 486. The van der Waals surface area contributed by atoms with Crippen molar-refractivity contribution in [3.63, 3.8) is 0 Å². The molecule has 1 fully saturated rings. The molecule has 6 heteroatoms. The highest BCUT2D eigenvalue weighted by Gasteiger charge is 2.46. The molecule has 90 valence electrons. The summed E-state index contributed by atoms with van der Waals surface area (Å²) in [5, 5.41) is 9.79. The van der Waals surface area contributed by atoms with E-state index < -0.39 is 15.6 Å². The molecule has 5 nitrogen and oxygen atoms in total. The van der Waals surface area contributed by atoms with Gasteiger partial charge in [-0.2, -0.15) is 4.31 Å². The zero-order valence-electron chi connectivity index (χ0n) is 9.42. The molecule has 2 rings (SSSR count). The number of nitrogens with zero attached hydrogens (tertiary/aromatic N) is 2. The molecule has 1 aromatic heterocycles. The first-order chi connectivity index (χ1) is 7.37. The van der Waals surface area contributed by atoms with E-state index in [0.29, 0.717) is 6.42 Å². The topological polar surface area (TPSA) is 62.5 Å². The van der Waals surface area contributed by atoms with Crippen LogP contribution < -0.4 is 0 Å². The number of hydrogen-bond acceptors (Lipinski definition) is 3. The monoisotopic (exact) mass is 244 g/mol. The number of aromatic nitrogens is 1. The molecule has 0 bridgehead atoms. The van der Waals surface area contributed by atoms with Crippen LogP contribution in [0.4, 0.5) is 0 Å². The lowest BCUT2D eigenvalue weighted by Gasteiger charge is -2.44. The van der Waals surface area contributed by atoms with E-state index in [4.69, 9.17) is 0 Å². The van der Waals surface area contributed by atoms with Gasteiger partial charge in [0.25, 0.3) is 0 Å². The number of hydrogen-bond donors (Lipinski definition) is 1.